The molecular weight excluding hydrogens is 422 g/mol. The third-order valence-corrected chi connectivity index (χ3v) is 6.57. The topological polar surface area (TPSA) is 73.2 Å². The lowest BCUT2D eigenvalue weighted by Crippen LogP contribution is -2.40. The zero-order valence-corrected chi connectivity index (χ0v) is 18.3. The molecule has 1 aromatic heterocycles. The first-order chi connectivity index (χ1) is 15.6. The van der Waals surface area contributed by atoms with Crippen molar-refractivity contribution in [3.63, 3.8) is 0 Å². The molecule has 0 bridgehead atoms. The van der Waals surface area contributed by atoms with Crippen LogP contribution in [-0.4, -0.2) is 21.7 Å². The SMILES string of the molecule is CC[C@H](Cn1ncc2ccccc2c1=O)NC(=O)c1ccc2c(c1)Sc1ccccc1O2. The second-order valence-corrected chi connectivity index (χ2v) is 8.69. The van der Waals surface area contributed by atoms with Crippen LogP contribution in [0.25, 0.3) is 10.8 Å². The minimum atomic E-state index is -0.227. The number of hydrogen-bond donors (Lipinski definition) is 1. The van der Waals surface area contributed by atoms with Crippen LogP contribution in [0.2, 0.25) is 0 Å². The van der Waals surface area contributed by atoms with E-state index in [0.29, 0.717) is 23.9 Å². The monoisotopic (exact) mass is 443 g/mol. The summed E-state index contributed by atoms with van der Waals surface area (Å²) in [6.07, 6.45) is 2.35. The highest BCUT2D eigenvalue weighted by molar-refractivity contribution is 7.99. The van der Waals surface area contributed by atoms with E-state index in [1.54, 1.807) is 30.1 Å². The Morgan fingerprint density at radius 2 is 1.84 bits per heavy atom. The molecule has 5 rings (SSSR count). The summed E-state index contributed by atoms with van der Waals surface area (Å²) in [6.45, 7) is 2.28. The van der Waals surface area contributed by atoms with Crippen molar-refractivity contribution in [3.05, 3.63) is 88.8 Å². The third kappa shape index (κ3) is 3.87. The number of fused-ring (bicyclic) bond motifs is 3. The Bertz CT molecular complexity index is 1380. The van der Waals surface area contributed by atoms with E-state index in [1.165, 1.54) is 4.68 Å². The fourth-order valence-corrected chi connectivity index (χ4v) is 4.67. The number of rotatable bonds is 5. The standard InChI is InChI=1S/C25H21N3O3S/c1-2-18(15-28-25(30)19-8-4-3-7-17(19)14-26-28)27-24(29)16-11-12-21-23(13-16)32-22-10-6-5-9-20(22)31-21/h3-14,18H,2,15H2,1H3,(H,27,29)/t18-/m1/s1. The fraction of sp³-hybridized carbons (Fsp3) is 0.160. The fourth-order valence-electron chi connectivity index (χ4n) is 3.68. The zero-order chi connectivity index (χ0) is 22.1. The average molecular weight is 444 g/mol. The maximum Gasteiger partial charge on any atom is 0.274 e. The number of carbonyl (C=O) groups excluding carboxylic acids is 1. The summed E-state index contributed by atoms with van der Waals surface area (Å²) >= 11 is 1.58. The Balaban J connectivity index is 1.33. The maximum absolute atomic E-state index is 13.0. The van der Waals surface area contributed by atoms with Crippen molar-refractivity contribution < 1.29 is 9.53 Å². The van der Waals surface area contributed by atoms with Crippen LogP contribution in [0.15, 0.2) is 87.5 Å². The number of para-hydroxylation sites is 1. The normalized spacial score (nSPS) is 13.0. The van der Waals surface area contributed by atoms with Gasteiger partial charge in [0, 0.05) is 17.0 Å². The summed E-state index contributed by atoms with van der Waals surface area (Å²) in [4.78, 5) is 27.7. The molecule has 6 nitrogen and oxygen atoms in total. The van der Waals surface area contributed by atoms with Crippen LogP contribution in [-0.2, 0) is 6.54 Å². The average Bonchev–Trinajstić information content (AvgIpc) is 2.83. The van der Waals surface area contributed by atoms with E-state index in [1.807, 2.05) is 61.5 Å². The van der Waals surface area contributed by atoms with Gasteiger partial charge in [-0.2, -0.15) is 5.10 Å². The van der Waals surface area contributed by atoms with Gasteiger partial charge in [-0.25, -0.2) is 4.68 Å². The van der Waals surface area contributed by atoms with Crippen molar-refractivity contribution in [2.45, 2.75) is 35.7 Å². The molecule has 7 heteroatoms. The lowest BCUT2D eigenvalue weighted by molar-refractivity contribution is 0.0930. The van der Waals surface area contributed by atoms with Crippen molar-refractivity contribution in [1.29, 1.82) is 0 Å². The molecule has 0 fully saturated rings. The number of ether oxygens (including phenoxy) is 1. The molecule has 1 aliphatic rings. The van der Waals surface area contributed by atoms with Gasteiger partial charge < -0.3 is 10.1 Å². The molecule has 2 heterocycles. The first-order valence-electron chi connectivity index (χ1n) is 10.5. The summed E-state index contributed by atoms with van der Waals surface area (Å²) in [7, 11) is 0. The maximum atomic E-state index is 13.0. The van der Waals surface area contributed by atoms with Gasteiger partial charge in [0.2, 0.25) is 0 Å². The van der Waals surface area contributed by atoms with Crippen LogP contribution >= 0.6 is 11.8 Å². The van der Waals surface area contributed by atoms with Crippen LogP contribution < -0.4 is 15.6 Å². The Morgan fingerprint density at radius 3 is 2.72 bits per heavy atom. The van der Waals surface area contributed by atoms with Crippen molar-refractivity contribution in [3.8, 4) is 11.5 Å². The molecule has 1 N–H and O–H groups in total. The van der Waals surface area contributed by atoms with Crippen LogP contribution in [0.5, 0.6) is 11.5 Å². The lowest BCUT2D eigenvalue weighted by Gasteiger charge is -2.21. The van der Waals surface area contributed by atoms with Gasteiger partial charge in [-0.3, -0.25) is 9.59 Å². The highest BCUT2D eigenvalue weighted by Crippen LogP contribution is 2.46. The molecule has 3 aromatic carbocycles. The largest absolute Gasteiger partial charge is 0.455 e. The van der Waals surface area contributed by atoms with Gasteiger partial charge in [-0.1, -0.05) is 49.0 Å². The Kier molecular flexibility index (Phi) is 5.41. The summed E-state index contributed by atoms with van der Waals surface area (Å²) in [5, 5.41) is 8.76. The Morgan fingerprint density at radius 1 is 1.06 bits per heavy atom. The van der Waals surface area contributed by atoms with Gasteiger partial charge in [0.15, 0.2) is 0 Å². The number of amides is 1. The summed E-state index contributed by atoms with van der Waals surface area (Å²) < 4.78 is 7.36. The highest BCUT2D eigenvalue weighted by Gasteiger charge is 2.20. The predicted molar refractivity (Wildman–Crippen MR) is 125 cm³/mol. The van der Waals surface area contributed by atoms with Crippen molar-refractivity contribution in [2.24, 2.45) is 0 Å². The molecule has 1 aliphatic heterocycles. The molecule has 0 radical (unpaired) electrons. The summed E-state index contributed by atoms with van der Waals surface area (Å²) in [5.74, 6) is 1.37. The molecule has 1 atom stereocenters. The van der Waals surface area contributed by atoms with E-state index in [-0.39, 0.29) is 17.5 Å². The molecule has 0 aliphatic carbocycles. The zero-order valence-electron chi connectivity index (χ0n) is 17.4. The summed E-state index contributed by atoms with van der Waals surface area (Å²) in [6, 6.07) is 20.4. The van der Waals surface area contributed by atoms with Gasteiger partial charge in [-0.15, -0.1) is 0 Å². The van der Waals surface area contributed by atoms with E-state index < -0.39 is 0 Å². The molecular formula is C25H21N3O3S. The smallest absolute Gasteiger partial charge is 0.274 e. The van der Waals surface area contributed by atoms with Gasteiger partial charge >= 0.3 is 0 Å². The Labute approximate surface area is 189 Å². The number of benzene rings is 3. The Hall–Kier alpha value is -3.58. The number of nitrogens with zero attached hydrogens (tertiary/aromatic N) is 2. The van der Waals surface area contributed by atoms with E-state index in [2.05, 4.69) is 10.4 Å². The van der Waals surface area contributed by atoms with Gasteiger partial charge in [-0.05, 0) is 42.8 Å². The second kappa shape index (κ2) is 8.51. The van der Waals surface area contributed by atoms with Crippen molar-refractivity contribution in [1.82, 2.24) is 15.1 Å². The molecule has 1 amide bonds. The lowest BCUT2D eigenvalue weighted by atomic mass is 10.1. The number of hydrogen-bond acceptors (Lipinski definition) is 5. The number of aromatic nitrogens is 2. The van der Waals surface area contributed by atoms with Crippen molar-refractivity contribution in [2.75, 3.05) is 0 Å². The molecule has 0 saturated heterocycles. The highest BCUT2D eigenvalue weighted by atomic mass is 32.2. The van der Waals surface area contributed by atoms with Crippen LogP contribution in [0, 0.1) is 0 Å². The van der Waals surface area contributed by atoms with Gasteiger partial charge in [0.05, 0.1) is 27.9 Å². The third-order valence-electron chi connectivity index (χ3n) is 5.48. The van der Waals surface area contributed by atoms with E-state index in [4.69, 9.17) is 4.74 Å². The minimum absolute atomic E-state index is 0.156. The second-order valence-electron chi connectivity index (χ2n) is 7.61. The number of nitrogens with one attached hydrogen (secondary N) is 1. The minimum Gasteiger partial charge on any atom is -0.455 e. The van der Waals surface area contributed by atoms with E-state index in [9.17, 15) is 9.59 Å². The first-order valence-corrected chi connectivity index (χ1v) is 11.3. The van der Waals surface area contributed by atoms with E-state index >= 15 is 0 Å². The predicted octanol–water partition coefficient (Wildman–Crippen LogP) is 4.86. The molecule has 0 spiro atoms. The van der Waals surface area contributed by atoms with Crippen LogP contribution in [0.3, 0.4) is 0 Å². The molecule has 0 unspecified atom stereocenters. The van der Waals surface area contributed by atoms with Gasteiger partial charge in [0.25, 0.3) is 11.5 Å². The van der Waals surface area contributed by atoms with Crippen LogP contribution in [0.4, 0.5) is 0 Å². The molecule has 0 saturated carbocycles. The molecule has 160 valence electrons. The van der Waals surface area contributed by atoms with Crippen LogP contribution in [0.1, 0.15) is 23.7 Å². The van der Waals surface area contributed by atoms with Crippen molar-refractivity contribution >= 4 is 28.4 Å². The number of carbonyl (C=O) groups is 1. The molecule has 32 heavy (non-hydrogen) atoms. The van der Waals surface area contributed by atoms with Gasteiger partial charge in [0.1, 0.15) is 11.5 Å². The molecule has 4 aromatic rings. The van der Waals surface area contributed by atoms with E-state index in [0.717, 1.165) is 26.7 Å². The summed E-state index contributed by atoms with van der Waals surface area (Å²) in [5.41, 5.74) is 0.397. The quantitative estimate of drug-likeness (QED) is 0.420. The first kappa shape index (κ1) is 20.3.